The Hall–Kier alpha value is -1.37. The second kappa shape index (κ2) is 5.73. The van der Waals surface area contributed by atoms with Crippen LogP contribution in [0.3, 0.4) is 0 Å². The van der Waals surface area contributed by atoms with Gasteiger partial charge in [-0.15, -0.1) is 0 Å². The van der Waals surface area contributed by atoms with Gasteiger partial charge in [-0.1, -0.05) is 11.6 Å². The summed E-state index contributed by atoms with van der Waals surface area (Å²) in [7, 11) is 0. The lowest BCUT2D eigenvalue weighted by atomic mass is 10.2. The molecule has 0 saturated carbocycles. The number of nitrogens with one attached hydrogen (secondary N) is 1. The Kier molecular flexibility index (Phi) is 4.24. The molecule has 1 aromatic heterocycles. The molecule has 2 rings (SSSR count). The number of nitrogens with zero attached hydrogens (tertiary/aromatic N) is 2. The zero-order valence-corrected chi connectivity index (χ0v) is 11.6. The average Bonchev–Trinajstić information content (AvgIpc) is 2.41. The highest BCUT2D eigenvalue weighted by Gasteiger charge is 2.30. The van der Waals surface area contributed by atoms with Crippen molar-refractivity contribution < 1.29 is 9.53 Å². The lowest BCUT2D eigenvalue weighted by Crippen LogP contribution is -2.50. The quantitative estimate of drug-likeness (QED) is 0.631. The Labute approximate surface area is 116 Å². The van der Waals surface area contributed by atoms with Crippen LogP contribution in [0.25, 0.3) is 0 Å². The van der Waals surface area contributed by atoms with E-state index >= 15 is 0 Å². The third-order valence-electron chi connectivity index (χ3n) is 3.07. The Balaban J connectivity index is 2.27. The van der Waals surface area contributed by atoms with Crippen LogP contribution in [0.4, 0.5) is 5.82 Å². The summed E-state index contributed by atoms with van der Waals surface area (Å²) in [6.07, 6.45) is 0.00902. The number of morpholine rings is 1. The van der Waals surface area contributed by atoms with Crippen molar-refractivity contribution in [3.05, 3.63) is 22.8 Å². The van der Waals surface area contributed by atoms with E-state index in [2.05, 4.69) is 10.4 Å². The molecule has 2 heterocycles. The smallest absolute Gasteiger partial charge is 0.274 e. The summed E-state index contributed by atoms with van der Waals surface area (Å²) in [6, 6.07) is 3.21. The normalized spacial score (nSPS) is 23.3. The predicted molar refractivity (Wildman–Crippen MR) is 73.0 cm³/mol. The van der Waals surface area contributed by atoms with E-state index in [1.165, 1.54) is 0 Å². The molecule has 3 N–H and O–H groups in total. The minimum atomic E-state index is -0.204. The van der Waals surface area contributed by atoms with E-state index in [0.717, 1.165) is 0 Å². The van der Waals surface area contributed by atoms with Gasteiger partial charge in [0.15, 0.2) is 0 Å². The van der Waals surface area contributed by atoms with Crippen LogP contribution >= 0.6 is 11.6 Å². The van der Waals surface area contributed by atoms with E-state index in [1.807, 2.05) is 13.8 Å². The highest BCUT2D eigenvalue weighted by molar-refractivity contribution is 6.33. The van der Waals surface area contributed by atoms with E-state index < -0.39 is 0 Å². The van der Waals surface area contributed by atoms with E-state index in [9.17, 15) is 4.79 Å². The van der Waals surface area contributed by atoms with Gasteiger partial charge in [0, 0.05) is 6.54 Å². The molecule has 1 aliphatic heterocycles. The molecule has 1 saturated heterocycles. The number of anilines is 1. The molecular weight excluding hydrogens is 268 g/mol. The SMILES string of the molecule is CC1CN(C(=O)c2nc(NN)ccc2Cl)C(C)CO1. The summed E-state index contributed by atoms with van der Waals surface area (Å²) in [5.74, 6) is 5.50. The van der Waals surface area contributed by atoms with Crippen molar-refractivity contribution in [3.63, 3.8) is 0 Å². The lowest BCUT2D eigenvalue weighted by Gasteiger charge is -2.36. The number of pyridine rings is 1. The molecular formula is C12H17ClN4O2. The number of amides is 1. The minimum Gasteiger partial charge on any atom is -0.375 e. The van der Waals surface area contributed by atoms with Gasteiger partial charge < -0.3 is 15.1 Å². The fraction of sp³-hybridized carbons (Fsp3) is 0.500. The fourth-order valence-electron chi connectivity index (χ4n) is 1.99. The van der Waals surface area contributed by atoms with Gasteiger partial charge in [-0.2, -0.15) is 0 Å². The van der Waals surface area contributed by atoms with E-state index in [0.29, 0.717) is 24.0 Å². The summed E-state index contributed by atoms with van der Waals surface area (Å²) in [5, 5.41) is 0.315. The Morgan fingerprint density at radius 2 is 2.32 bits per heavy atom. The van der Waals surface area contributed by atoms with Crippen molar-refractivity contribution in [3.8, 4) is 0 Å². The minimum absolute atomic E-state index is 0.00365. The first-order chi connectivity index (χ1) is 9.02. The van der Waals surface area contributed by atoms with Gasteiger partial charge >= 0.3 is 0 Å². The third-order valence-corrected chi connectivity index (χ3v) is 3.37. The number of nitrogens with two attached hydrogens (primary N) is 1. The van der Waals surface area contributed by atoms with Crippen LogP contribution < -0.4 is 11.3 Å². The summed E-state index contributed by atoms with van der Waals surface area (Å²) in [6.45, 7) is 4.90. The van der Waals surface area contributed by atoms with Crippen LogP contribution in [0.5, 0.6) is 0 Å². The number of hydrogen-bond donors (Lipinski definition) is 2. The van der Waals surface area contributed by atoms with Gasteiger partial charge in [0.25, 0.3) is 5.91 Å². The van der Waals surface area contributed by atoms with E-state index in [1.54, 1.807) is 17.0 Å². The maximum absolute atomic E-state index is 12.5. The molecule has 0 aliphatic carbocycles. The number of carbonyl (C=O) groups excluding carboxylic acids is 1. The van der Waals surface area contributed by atoms with Crippen LogP contribution in [0.15, 0.2) is 12.1 Å². The van der Waals surface area contributed by atoms with Crippen LogP contribution in [0.2, 0.25) is 5.02 Å². The molecule has 1 aromatic rings. The molecule has 0 aromatic carbocycles. The highest BCUT2D eigenvalue weighted by Crippen LogP contribution is 2.21. The first-order valence-corrected chi connectivity index (χ1v) is 6.46. The van der Waals surface area contributed by atoms with Crippen molar-refractivity contribution in [1.82, 2.24) is 9.88 Å². The first kappa shape index (κ1) is 14.0. The van der Waals surface area contributed by atoms with Gasteiger partial charge in [0.05, 0.1) is 23.8 Å². The lowest BCUT2D eigenvalue weighted by molar-refractivity contribution is -0.0388. The van der Waals surface area contributed by atoms with Gasteiger partial charge in [-0.3, -0.25) is 4.79 Å². The summed E-state index contributed by atoms with van der Waals surface area (Å²) < 4.78 is 5.50. The molecule has 2 atom stereocenters. The van der Waals surface area contributed by atoms with Crippen LogP contribution in [-0.2, 0) is 4.74 Å². The Morgan fingerprint density at radius 1 is 1.58 bits per heavy atom. The number of hydrogen-bond acceptors (Lipinski definition) is 5. The summed E-state index contributed by atoms with van der Waals surface area (Å²) in [4.78, 5) is 18.3. The topological polar surface area (TPSA) is 80.5 Å². The van der Waals surface area contributed by atoms with Gasteiger partial charge in [0.1, 0.15) is 11.5 Å². The van der Waals surface area contributed by atoms with Crippen LogP contribution in [0.1, 0.15) is 24.3 Å². The molecule has 1 fully saturated rings. The molecule has 1 aliphatic rings. The number of ether oxygens (including phenoxy) is 1. The van der Waals surface area contributed by atoms with Gasteiger partial charge in [0.2, 0.25) is 0 Å². The maximum atomic E-state index is 12.5. The molecule has 2 unspecified atom stereocenters. The Bertz CT molecular complexity index is 483. The zero-order chi connectivity index (χ0) is 14.0. The second-order valence-electron chi connectivity index (χ2n) is 4.62. The number of halogens is 1. The standard InChI is InChI=1S/C12H17ClN4O2/c1-7-6-19-8(2)5-17(7)12(18)11-9(13)3-4-10(15-11)16-14/h3-4,7-8H,5-6,14H2,1-2H3,(H,15,16). The molecule has 19 heavy (non-hydrogen) atoms. The number of carbonyl (C=O) groups is 1. The predicted octanol–water partition coefficient (Wildman–Crippen LogP) is 1.27. The van der Waals surface area contributed by atoms with Crippen molar-refractivity contribution in [1.29, 1.82) is 0 Å². The number of hydrazine groups is 1. The summed E-state index contributed by atoms with van der Waals surface area (Å²) >= 11 is 6.04. The molecule has 104 valence electrons. The van der Waals surface area contributed by atoms with E-state index in [-0.39, 0.29) is 23.7 Å². The monoisotopic (exact) mass is 284 g/mol. The van der Waals surface area contributed by atoms with Crippen molar-refractivity contribution in [2.45, 2.75) is 26.0 Å². The van der Waals surface area contributed by atoms with Crippen molar-refractivity contribution in [2.24, 2.45) is 5.84 Å². The molecule has 1 amide bonds. The fourth-order valence-corrected chi connectivity index (χ4v) is 2.18. The number of rotatable bonds is 2. The zero-order valence-electron chi connectivity index (χ0n) is 10.9. The first-order valence-electron chi connectivity index (χ1n) is 6.08. The molecule has 0 radical (unpaired) electrons. The second-order valence-corrected chi connectivity index (χ2v) is 5.03. The number of aromatic nitrogens is 1. The maximum Gasteiger partial charge on any atom is 0.274 e. The molecule has 7 heteroatoms. The van der Waals surface area contributed by atoms with Crippen molar-refractivity contribution >= 4 is 23.3 Å². The van der Waals surface area contributed by atoms with Gasteiger partial charge in [-0.25, -0.2) is 10.8 Å². The van der Waals surface area contributed by atoms with Crippen LogP contribution in [0, 0.1) is 0 Å². The largest absolute Gasteiger partial charge is 0.375 e. The van der Waals surface area contributed by atoms with Gasteiger partial charge in [-0.05, 0) is 26.0 Å². The Morgan fingerprint density at radius 3 is 3.00 bits per heavy atom. The van der Waals surface area contributed by atoms with E-state index in [4.69, 9.17) is 22.2 Å². The molecule has 6 nitrogen and oxygen atoms in total. The molecule has 0 bridgehead atoms. The average molecular weight is 285 g/mol. The van der Waals surface area contributed by atoms with Crippen molar-refractivity contribution in [2.75, 3.05) is 18.6 Å². The molecule has 0 spiro atoms. The number of nitrogen functional groups attached to an aromatic ring is 1. The third kappa shape index (κ3) is 2.97. The van der Waals surface area contributed by atoms with Crippen LogP contribution in [-0.4, -0.2) is 41.1 Å². The highest BCUT2D eigenvalue weighted by atomic mass is 35.5. The summed E-state index contributed by atoms with van der Waals surface area (Å²) in [5.41, 5.74) is 2.61.